The largest absolute Gasteiger partial charge is 0.481 e. The van der Waals surface area contributed by atoms with Crippen molar-refractivity contribution in [1.82, 2.24) is 9.80 Å². The van der Waals surface area contributed by atoms with E-state index in [1.165, 1.54) is 6.42 Å². The lowest BCUT2D eigenvalue weighted by Crippen LogP contribution is -2.54. The summed E-state index contributed by atoms with van der Waals surface area (Å²) in [5.41, 5.74) is 0.843. The molecule has 5 rings (SSSR count). The second-order valence-electron chi connectivity index (χ2n) is 10.1. The molecule has 2 aliphatic heterocycles. The Balaban J connectivity index is 1.31. The van der Waals surface area contributed by atoms with Crippen LogP contribution < -0.4 is 0 Å². The average molecular weight is 447 g/mol. The number of nitrogens with zero attached hydrogens (tertiary/aromatic N) is 2. The van der Waals surface area contributed by atoms with Crippen LogP contribution in [0, 0.1) is 5.92 Å². The van der Waals surface area contributed by atoms with Gasteiger partial charge in [-0.05, 0) is 68.7 Å². The minimum atomic E-state index is -0.751. The van der Waals surface area contributed by atoms with E-state index in [2.05, 4.69) is 21.9 Å². The van der Waals surface area contributed by atoms with Crippen LogP contribution in [-0.4, -0.2) is 59.5 Å². The lowest BCUT2D eigenvalue weighted by atomic mass is 9.71. The predicted octanol–water partition coefficient (Wildman–Crippen LogP) is 4.08. The molecule has 33 heavy (non-hydrogen) atoms. The van der Waals surface area contributed by atoms with Crippen LogP contribution >= 0.6 is 0 Å². The molecule has 1 amide bonds. The monoisotopic (exact) mass is 446 g/mol. The van der Waals surface area contributed by atoms with Gasteiger partial charge in [-0.2, -0.15) is 0 Å². The summed E-state index contributed by atoms with van der Waals surface area (Å²) in [6.07, 6.45) is 5.70. The Kier molecular flexibility index (Phi) is 6.00. The van der Waals surface area contributed by atoms with Crippen molar-refractivity contribution < 1.29 is 14.7 Å². The van der Waals surface area contributed by atoms with Crippen LogP contribution in [0.1, 0.15) is 49.7 Å². The fourth-order valence-corrected chi connectivity index (χ4v) is 6.24. The minimum absolute atomic E-state index is 0.124. The molecule has 2 aromatic carbocycles. The number of piperidine rings is 2. The highest BCUT2D eigenvalue weighted by atomic mass is 16.4. The Bertz CT molecular complexity index is 979. The number of carboxylic acid groups (broad SMARTS) is 1. The summed E-state index contributed by atoms with van der Waals surface area (Å²) in [4.78, 5) is 30.5. The zero-order valence-electron chi connectivity index (χ0n) is 19.3. The molecule has 3 aliphatic rings. The Hall–Kier alpha value is -2.66. The number of hydrogen-bond acceptors (Lipinski definition) is 3. The normalized spacial score (nSPS) is 27.2. The number of benzene rings is 2. The first-order valence-corrected chi connectivity index (χ1v) is 12.4. The van der Waals surface area contributed by atoms with Gasteiger partial charge in [-0.25, -0.2) is 0 Å². The van der Waals surface area contributed by atoms with Crippen molar-refractivity contribution in [2.75, 3.05) is 32.7 Å². The first kappa shape index (κ1) is 22.1. The number of carboxylic acids is 1. The smallest absolute Gasteiger partial charge is 0.314 e. The summed E-state index contributed by atoms with van der Waals surface area (Å²) in [5, 5.41) is 10.0. The van der Waals surface area contributed by atoms with Gasteiger partial charge in [-0.1, -0.05) is 60.7 Å². The van der Waals surface area contributed by atoms with Gasteiger partial charge >= 0.3 is 5.97 Å². The van der Waals surface area contributed by atoms with E-state index in [1.54, 1.807) is 0 Å². The highest BCUT2D eigenvalue weighted by Gasteiger charge is 2.62. The minimum Gasteiger partial charge on any atom is -0.481 e. The van der Waals surface area contributed by atoms with Gasteiger partial charge in [0.1, 0.15) is 0 Å². The van der Waals surface area contributed by atoms with Gasteiger partial charge in [0.25, 0.3) is 0 Å². The molecule has 0 spiro atoms. The van der Waals surface area contributed by atoms with Crippen molar-refractivity contribution in [3.8, 4) is 0 Å². The van der Waals surface area contributed by atoms with Crippen LogP contribution in [0.3, 0.4) is 0 Å². The van der Waals surface area contributed by atoms with E-state index in [4.69, 9.17) is 0 Å². The van der Waals surface area contributed by atoms with Crippen molar-refractivity contribution in [2.45, 2.75) is 49.4 Å². The Morgan fingerprint density at radius 1 is 0.818 bits per heavy atom. The molecule has 1 N–H and O–H groups in total. The van der Waals surface area contributed by atoms with Crippen molar-refractivity contribution in [2.24, 2.45) is 5.92 Å². The van der Waals surface area contributed by atoms with Crippen LogP contribution in [0.5, 0.6) is 0 Å². The van der Waals surface area contributed by atoms with E-state index < -0.39 is 16.8 Å². The first-order valence-electron chi connectivity index (χ1n) is 12.4. The van der Waals surface area contributed by atoms with Crippen molar-refractivity contribution in [3.63, 3.8) is 0 Å². The standard InChI is InChI=1S/C28H34N2O3/c31-25(30-16-8-3-9-17-30)27(22-10-4-1-5-11-22)14-18-29(19-15-27)21-24-20-28(24,26(32)33)23-12-6-2-7-13-23/h1-2,4-7,10-13,24H,3,8-9,14-21H2,(H,32,33)/t24-,28+/m0/s1. The number of rotatable bonds is 6. The van der Waals surface area contributed by atoms with Crippen LogP contribution in [-0.2, 0) is 20.4 Å². The highest BCUT2D eigenvalue weighted by molar-refractivity contribution is 5.88. The molecule has 174 valence electrons. The van der Waals surface area contributed by atoms with Gasteiger partial charge in [0, 0.05) is 19.6 Å². The molecule has 0 aromatic heterocycles. The highest BCUT2D eigenvalue weighted by Crippen LogP contribution is 2.55. The summed E-state index contributed by atoms with van der Waals surface area (Å²) < 4.78 is 0. The zero-order chi connectivity index (χ0) is 22.9. The molecule has 5 nitrogen and oxygen atoms in total. The molecule has 3 fully saturated rings. The maximum Gasteiger partial charge on any atom is 0.314 e. The molecular formula is C28H34N2O3. The number of carbonyl (C=O) groups is 2. The molecule has 2 atom stereocenters. The molecule has 2 saturated heterocycles. The quantitative estimate of drug-likeness (QED) is 0.727. The fraction of sp³-hybridized carbons (Fsp3) is 0.500. The fourth-order valence-electron chi connectivity index (χ4n) is 6.24. The second kappa shape index (κ2) is 8.94. The van der Waals surface area contributed by atoms with E-state index in [9.17, 15) is 14.7 Å². The third-order valence-corrected chi connectivity index (χ3v) is 8.34. The van der Waals surface area contributed by atoms with Crippen molar-refractivity contribution in [3.05, 3.63) is 71.8 Å². The van der Waals surface area contributed by atoms with Gasteiger partial charge in [0.2, 0.25) is 5.91 Å². The zero-order valence-corrected chi connectivity index (χ0v) is 19.3. The molecule has 0 bridgehead atoms. The third-order valence-electron chi connectivity index (χ3n) is 8.34. The lowest BCUT2D eigenvalue weighted by molar-refractivity contribution is -0.140. The molecular weight excluding hydrogens is 412 g/mol. The summed E-state index contributed by atoms with van der Waals surface area (Å²) in [5.74, 6) is -0.294. The summed E-state index contributed by atoms with van der Waals surface area (Å²) in [7, 11) is 0. The van der Waals surface area contributed by atoms with E-state index in [1.807, 2.05) is 48.5 Å². The van der Waals surface area contributed by atoms with Crippen LogP contribution in [0.2, 0.25) is 0 Å². The number of likely N-dealkylation sites (tertiary alicyclic amines) is 2. The maximum atomic E-state index is 13.8. The Morgan fingerprint density at radius 3 is 1.97 bits per heavy atom. The summed E-state index contributed by atoms with van der Waals surface area (Å²) in [6.45, 7) is 4.18. The number of aliphatic carboxylic acids is 1. The van der Waals surface area contributed by atoms with Gasteiger partial charge in [-0.3, -0.25) is 9.59 Å². The van der Waals surface area contributed by atoms with E-state index in [-0.39, 0.29) is 5.92 Å². The van der Waals surface area contributed by atoms with Crippen LogP contribution in [0.25, 0.3) is 0 Å². The topological polar surface area (TPSA) is 60.9 Å². The lowest BCUT2D eigenvalue weighted by Gasteiger charge is -2.44. The first-order chi connectivity index (χ1) is 16.1. The molecule has 2 aromatic rings. The Labute approximate surface area is 196 Å². The van der Waals surface area contributed by atoms with Crippen molar-refractivity contribution >= 4 is 11.9 Å². The molecule has 0 unspecified atom stereocenters. The van der Waals surface area contributed by atoms with Crippen LogP contribution in [0.4, 0.5) is 0 Å². The molecule has 1 aliphatic carbocycles. The van der Waals surface area contributed by atoms with E-state index >= 15 is 0 Å². The van der Waals surface area contributed by atoms with Gasteiger partial charge in [0.05, 0.1) is 10.8 Å². The Morgan fingerprint density at radius 2 is 1.39 bits per heavy atom. The van der Waals surface area contributed by atoms with E-state index in [0.717, 1.165) is 69.5 Å². The summed E-state index contributed by atoms with van der Waals surface area (Å²) >= 11 is 0. The molecule has 2 heterocycles. The van der Waals surface area contributed by atoms with Gasteiger partial charge < -0.3 is 14.9 Å². The predicted molar refractivity (Wildman–Crippen MR) is 128 cm³/mol. The average Bonchev–Trinajstić information content (AvgIpc) is 3.61. The van der Waals surface area contributed by atoms with Gasteiger partial charge in [-0.15, -0.1) is 0 Å². The second-order valence-corrected chi connectivity index (χ2v) is 10.1. The molecule has 5 heteroatoms. The molecule has 0 radical (unpaired) electrons. The maximum absolute atomic E-state index is 13.8. The molecule has 1 saturated carbocycles. The van der Waals surface area contributed by atoms with Gasteiger partial charge in [0.15, 0.2) is 0 Å². The van der Waals surface area contributed by atoms with Crippen molar-refractivity contribution in [1.29, 1.82) is 0 Å². The third kappa shape index (κ3) is 3.97. The van der Waals surface area contributed by atoms with Crippen LogP contribution in [0.15, 0.2) is 60.7 Å². The SMILES string of the molecule is O=C(N1CCCCC1)C1(c2ccccc2)CCN(C[C@@H]2C[C@@]2(C(=O)O)c2ccccc2)CC1. The van der Waals surface area contributed by atoms with E-state index in [0.29, 0.717) is 12.3 Å². The number of carbonyl (C=O) groups excluding carboxylic acids is 1. The number of hydrogen-bond donors (Lipinski definition) is 1. The summed E-state index contributed by atoms with van der Waals surface area (Å²) in [6, 6.07) is 20.0. The number of amides is 1.